The average molecular weight is 493 g/mol. The number of H-pyrrole nitrogens is 1. The van der Waals surface area contributed by atoms with E-state index in [9.17, 15) is 9.59 Å². The Labute approximate surface area is 194 Å². The zero-order chi connectivity index (χ0) is 22.8. The minimum Gasteiger partial charge on any atom is -0.348 e. The summed E-state index contributed by atoms with van der Waals surface area (Å²) in [6.07, 6.45) is 2.34. The van der Waals surface area contributed by atoms with Gasteiger partial charge in [-0.15, -0.1) is 0 Å². The van der Waals surface area contributed by atoms with Crippen molar-refractivity contribution in [2.45, 2.75) is 39.8 Å². The highest BCUT2D eigenvalue weighted by Crippen LogP contribution is 2.26. The topological polar surface area (TPSA) is 79.8 Å². The van der Waals surface area contributed by atoms with E-state index in [0.29, 0.717) is 17.5 Å². The van der Waals surface area contributed by atoms with Gasteiger partial charge in [-0.3, -0.25) is 14.3 Å². The van der Waals surface area contributed by atoms with Gasteiger partial charge in [0.25, 0.3) is 11.5 Å². The molecule has 0 aliphatic rings. The Morgan fingerprint density at radius 2 is 1.94 bits per heavy atom. The highest BCUT2D eigenvalue weighted by atomic mass is 79.9. The number of halogens is 1. The van der Waals surface area contributed by atoms with E-state index < -0.39 is 0 Å². The van der Waals surface area contributed by atoms with Gasteiger partial charge in [-0.05, 0) is 56.5 Å². The van der Waals surface area contributed by atoms with Crippen LogP contribution in [-0.4, -0.2) is 20.7 Å². The molecule has 32 heavy (non-hydrogen) atoms. The fourth-order valence-electron chi connectivity index (χ4n) is 3.93. The molecule has 0 bridgehead atoms. The maximum Gasteiger partial charge on any atom is 0.253 e. The number of carbonyl (C=O) groups is 1. The fraction of sp³-hybridized carbons (Fsp3) is 0.240. The van der Waals surface area contributed by atoms with Gasteiger partial charge in [-0.1, -0.05) is 46.3 Å². The molecule has 2 heterocycles. The number of fused-ring (bicyclic) bond motifs is 1. The molecule has 0 aliphatic carbocycles. The van der Waals surface area contributed by atoms with Crippen molar-refractivity contribution in [3.05, 3.63) is 97.5 Å². The van der Waals surface area contributed by atoms with E-state index >= 15 is 0 Å². The smallest absolute Gasteiger partial charge is 0.253 e. The third kappa shape index (κ3) is 4.53. The Hall–Kier alpha value is -3.19. The molecule has 2 aromatic carbocycles. The van der Waals surface area contributed by atoms with Gasteiger partial charge < -0.3 is 10.3 Å². The first-order valence-electron chi connectivity index (χ1n) is 10.5. The lowest BCUT2D eigenvalue weighted by Gasteiger charge is -2.13. The van der Waals surface area contributed by atoms with Gasteiger partial charge in [-0.2, -0.15) is 5.10 Å². The molecule has 4 rings (SSSR count). The van der Waals surface area contributed by atoms with Crippen molar-refractivity contribution in [2.24, 2.45) is 0 Å². The lowest BCUT2D eigenvalue weighted by molar-refractivity contribution is 0.0952. The Bertz CT molecular complexity index is 1340. The van der Waals surface area contributed by atoms with Gasteiger partial charge in [0.1, 0.15) is 0 Å². The lowest BCUT2D eigenvalue weighted by Crippen LogP contribution is -2.28. The quantitative estimate of drug-likeness (QED) is 0.401. The number of aromatic nitrogens is 3. The van der Waals surface area contributed by atoms with Gasteiger partial charge >= 0.3 is 0 Å². The predicted molar refractivity (Wildman–Crippen MR) is 130 cm³/mol. The molecule has 0 saturated heterocycles. The van der Waals surface area contributed by atoms with Crippen molar-refractivity contribution in [1.82, 2.24) is 20.1 Å². The SMILES string of the molecule is Cc1cc(Cc2ccccc2)c(CNC(=O)c2cc(Br)cc3c2cnn3C(C)C)c(=O)[nH]1. The second-order valence-corrected chi connectivity index (χ2v) is 9.12. The van der Waals surface area contributed by atoms with Crippen LogP contribution in [0.15, 0.2) is 64.0 Å². The molecule has 0 unspecified atom stereocenters. The minimum atomic E-state index is -0.245. The largest absolute Gasteiger partial charge is 0.348 e. The molecule has 7 heteroatoms. The number of aromatic amines is 1. The van der Waals surface area contributed by atoms with Crippen LogP contribution in [0.25, 0.3) is 10.9 Å². The first kappa shape index (κ1) is 22.0. The van der Waals surface area contributed by atoms with E-state index in [0.717, 1.165) is 32.2 Å². The van der Waals surface area contributed by atoms with Crippen LogP contribution < -0.4 is 10.9 Å². The molecule has 0 atom stereocenters. The molecule has 0 saturated carbocycles. The molecule has 0 radical (unpaired) electrons. The van der Waals surface area contributed by atoms with Gasteiger partial charge in [0.2, 0.25) is 0 Å². The normalized spacial score (nSPS) is 11.3. The number of hydrogen-bond donors (Lipinski definition) is 2. The van der Waals surface area contributed by atoms with Crippen LogP contribution in [0.4, 0.5) is 0 Å². The number of amides is 1. The van der Waals surface area contributed by atoms with Gasteiger partial charge in [0.05, 0.1) is 17.3 Å². The zero-order valence-corrected chi connectivity index (χ0v) is 19.9. The molecule has 164 valence electrons. The fourth-order valence-corrected chi connectivity index (χ4v) is 4.37. The summed E-state index contributed by atoms with van der Waals surface area (Å²) < 4.78 is 2.69. The number of pyridine rings is 1. The molecule has 6 nitrogen and oxygen atoms in total. The number of nitrogens with one attached hydrogen (secondary N) is 2. The van der Waals surface area contributed by atoms with Gasteiger partial charge in [-0.25, -0.2) is 0 Å². The van der Waals surface area contributed by atoms with E-state index in [-0.39, 0.29) is 24.1 Å². The van der Waals surface area contributed by atoms with Crippen molar-refractivity contribution < 1.29 is 4.79 Å². The summed E-state index contributed by atoms with van der Waals surface area (Å²) in [5.74, 6) is -0.245. The Morgan fingerprint density at radius 3 is 2.66 bits per heavy atom. The van der Waals surface area contributed by atoms with Crippen LogP contribution in [-0.2, 0) is 13.0 Å². The van der Waals surface area contributed by atoms with E-state index in [1.165, 1.54) is 0 Å². The third-order valence-corrected chi connectivity index (χ3v) is 5.90. The number of rotatable bonds is 6. The second-order valence-electron chi connectivity index (χ2n) is 8.20. The van der Waals surface area contributed by atoms with E-state index in [1.807, 2.05) is 67.9 Å². The van der Waals surface area contributed by atoms with Gasteiger partial charge in [0, 0.05) is 33.7 Å². The summed E-state index contributed by atoms with van der Waals surface area (Å²) in [6.45, 7) is 6.10. The molecule has 2 aromatic heterocycles. The lowest BCUT2D eigenvalue weighted by atomic mass is 10.00. The number of nitrogens with zero attached hydrogens (tertiary/aromatic N) is 2. The number of hydrogen-bond acceptors (Lipinski definition) is 3. The first-order chi connectivity index (χ1) is 15.3. The van der Waals surface area contributed by atoms with Crippen molar-refractivity contribution in [3.8, 4) is 0 Å². The first-order valence-corrected chi connectivity index (χ1v) is 11.3. The summed E-state index contributed by atoms with van der Waals surface area (Å²) >= 11 is 3.51. The summed E-state index contributed by atoms with van der Waals surface area (Å²) in [6, 6.07) is 15.9. The Kier molecular flexibility index (Phi) is 6.28. The van der Waals surface area contributed by atoms with Crippen LogP contribution in [0.1, 0.15) is 52.6 Å². The minimum absolute atomic E-state index is 0.142. The number of benzene rings is 2. The Balaban J connectivity index is 1.63. The van der Waals surface area contributed by atoms with Gasteiger partial charge in [0.15, 0.2) is 0 Å². The van der Waals surface area contributed by atoms with Crippen LogP contribution in [0.2, 0.25) is 0 Å². The van der Waals surface area contributed by atoms with E-state index in [1.54, 1.807) is 12.3 Å². The van der Waals surface area contributed by atoms with Crippen molar-refractivity contribution in [2.75, 3.05) is 0 Å². The molecule has 0 spiro atoms. The number of aryl methyl sites for hydroxylation is 1. The maximum absolute atomic E-state index is 13.1. The molecule has 1 amide bonds. The second kappa shape index (κ2) is 9.12. The zero-order valence-electron chi connectivity index (χ0n) is 18.3. The predicted octanol–water partition coefficient (Wildman–Crippen LogP) is 4.90. The highest BCUT2D eigenvalue weighted by molar-refractivity contribution is 9.10. The van der Waals surface area contributed by atoms with E-state index in [4.69, 9.17) is 0 Å². The maximum atomic E-state index is 13.1. The molecule has 0 fully saturated rings. The molecule has 0 aliphatic heterocycles. The molecule has 2 N–H and O–H groups in total. The van der Waals surface area contributed by atoms with Crippen molar-refractivity contribution >= 4 is 32.7 Å². The molecular formula is C25H25BrN4O2. The molecule has 4 aromatic rings. The van der Waals surface area contributed by atoms with Crippen molar-refractivity contribution in [1.29, 1.82) is 0 Å². The van der Waals surface area contributed by atoms with Crippen LogP contribution in [0.5, 0.6) is 0 Å². The summed E-state index contributed by atoms with van der Waals surface area (Å²) in [5, 5.41) is 8.17. The van der Waals surface area contributed by atoms with Crippen LogP contribution in [0.3, 0.4) is 0 Å². The Morgan fingerprint density at radius 1 is 1.19 bits per heavy atom. The highest BCUT2D eigenvalue weighted by Gasteiger charge is 2.17. The van der Waals surface area contributed by atoms with Crippen LogP contribution >= 0.6 is 15.9 Å². The van der Waals surface area contributed by atoms with Crippen molar-refractivity contribution in [3.63, 3.8) is 0 Å². The van der Waals surface area contributed by atoms with Crippen LogP contribution in [0, 0.1) is 6.92 Å². The number of carbonyl (C=O) groups excluding carboxylic acids is 1. The standard InChI is InChI=1S/C25H25BrN4O2/c1-15(2)30-23-12-19(26)11-20(22(23)14-28-30)24(31)27-13-21-18(9-16(3)29-25(21)32)10-17-7-5-4-6-8-17/h4-9,11-12,14-15H,10,13H2,1-3H3,(H,27,31)(H,29,32). The summed E-state index contributed by atoms with van der Waals surface area (Å²) in [7, 11) is 0. The summed E-state index contributed by atoms with van der Waals surface area (Å²) in [5.41, 5.74) is 4.61. The third-order valence-electron chi connectivity index (χ3n) is 5.44. The average Bonchev–Trinajstić information content (AvgIpc) is 3.17. The molecular weight excluding hydrogens is 468 g/mol. The monoisotopic (exact) mass is 492 g/mol. The summed E-state index contributed by atoms with van der Waals surface area (Å²) in [4.78, 5) is 28.7. The van der Waals surface area contributed by atoms with E-state index in [2.05, 4.69) is 31.3 Å².